The van der Waals surface area contributed by atoms with Gasteiger partial charge < -0.3 is 14.4 Å². The van der Waals surface area contributed by atoms with Crippen LogP contribution in [0.15, 0.2) is 48.0 Å². The van der Waals surface area contributed by atoms with Crippen LogP contribution in [-0.2, 0) is 11.3 Å². The van der Waals surface area contributed by atoms with E-state index in [1.807, 2.05) is 0 Å². The van der Waals surface area contributed by atoms with Crippen LogP contribution >= 0.6 is 0 Å². The molecule has 0 N–H and O–H groups in total. The molecular weight excluding hydrogens is 358 g/mol. The fraction of sp³-hybridized carbons (Fsp3) is 0.462. The number of para-hydroxylation sites is 1. The van der Waals surface area contributed by atoms with Crippen molar-refractivity contribution in [1.29, 1.82) is 0 Å². The number of likely N-dealkylation sites (tertiary alicyclic amines) is 1. The van der Waals surface area contributed by atoms with E-state index in [0.717, 1.165) is 44.8 Å². The molecule has 0 unspecified atom stereocenters. The molecule has 29 heavy (non-hydrogen) atoms. The first-order valence-electron chi connectivity index (χ1n) is 10.7. The maximum atomic E-state index is 6.21. The van der Waals surface area contributed by atoms with Crippen LogP contribution in [0.3, 0.4) is 0 Å². The number of nitrogens with zero attached hydrogens (tertiary/aromatic N) is 1. The molecule has 1 fully saturated rings. The van der Waals surface area contributed by atoms with Crippen molar-refractivity contribution in [2.45, 2.75) is 40.2 Å². The zero-order chi connectivity index (χ0) is 20.4. The molecule has 4 rings (SSSR count). The van der Waals surface area contributed by atoms with E-state index in [1.54, 1.807) is 12.7 Å². The van der Waals surface area contributed by atoms with Crippen LogP contribution in [0.5, 0.6) is 5.75 Å². The number of hydrogen-bond donors (Lipinski definition) is 0. The number of ether oxygens (including phenoxy) is 2. The molecule has 1 saturated heterocycles. The van der Waals surface area contributed by atoms with E-state index < -0.39 is 0 Å². The molecule has 0 spiro atoms. The number of methoxy groups -OCH3 is 1. The van der Waals surface area contributed by atoms with E-state index >= 15 is 0 Å². The van der Waals surface area contributed by atoms with E-state index in [4.69, 9.17) is 9.47 Å². The van der Waals surface area contributed by atoms with Gasteiger partial charge in [0.2, 0.25) is 0 Å². The molecule has 154 valence electrons. The molecule has 2 aromatic rings. The van der Waals surface area contributed by atoms with Gasteiger partial charge in [-0.2, -0.15) is 0 Å². The molecule has 3 heteroatoms. The first-order valence-corrected chi connectivity index (χ1v) is 10.7. The van der Waals surface area contributed by atoms with Crippen LogP contribution in [0.2, 0.25) is 0 Å². The summed E-state index contributed by atoms with van der Waals surface area (Å²) in [6.45, 7) is 11.5. The van der Waals surface area contributed by atoms with Crippen molar-refractivity contribution < 1.29 is 9.47 Å². The highest BCUT2D eigenvalue weighted by atomic mass is 16.5. The fourth-order valence-corrected chi connectivity index (χ4v) is 4.84. The molecular formula is C26H33NO2. The number of benzene rings is 2. The van der Waals surface area contributed by atoms with Gasteiger partial charge in [-0.05, 0) is 42.5 Å². The highest BCUT2D eigenvalue weighted by Gasteiger charge is 2.27. The van der Waals surface area contributed by atoms with E-state index in [2.05, 4.69) is 68.1 Å². The Hall–Kier alpha value is -2.10. The summed E-state index contributed by atoms with van der Waals surface area (Å²) >= 11 is 0. The Balaban J connectivity index is 1.67. The van der Waals surface area contributed by atoms with E-state index in [-0.39, 0.29) is 5.41 Å². The summed E-state index contributed by atoms with van der Waals surface area (Å²) < 4.78 is 11.6. The zero-order valence-corrected chi connectivity index (χ0v) is 18.3. The molecule has 2 aliphatic heterocycles. The first kappa shape index (κ1) is 20.2. The average Bonchev–Trinajstić information content (AvgIpc) is 2.85. The molecule has 0 amide bonds. The lowest BCUT2D eigenvalue weighted by Gasteiger charge is -2.36. The molecule has 0 aromatic heterocycles. The molecule has 2 aromatic carbocycles. The van der Waals surface area contributed by atoms with Crippen molar-refractivity contribution in [2.75, 3.05) is 33.4 Å². The lowest BCUT2D eigenvalue weighted by Crippen LogP contribution is -2.40. The molecule has 0 aliphatic carbocycles. The van der Waals surface area contributed by atoms with Crippen molar-refractivity contribution >= 4 is 5.57 Å². The van der Waals surface area contributed by atoms with Crippen LogP contribution in [0.4, 0.5) is 0 Å². The third-order valence-electron chi connectivity index (χ3n) is 6.07. The Kier molecular flexibility index (Phi) is 5.80. The molecule has 0 bridgehead atoms. The number of rotatable bonds is 4. The van der Waals surface area contributed by atoms with Crippen molar-refractivity contribution in [1.82, 2.24) is 4.90 Å². The Labute approximate surface area is 175 Å². The zero-order valence-electron chi connectivity index (χ0n) is 18.3. The standard InChI is InChI=1S/C26H33NO2/c1-19-9-10-22-21(15-19)16-29-24-8-6-5-7-23(24)25(22)20-11-13-27(14-12-20)17-26(2,3)18-28-4/h5-10,15H,11-14,16-18H2,1-4H3. The Morgan fingerprint density at radius 2 is 1.79 bits per heavy atom. The second kappa shape index (κ2) is 8.33. The smallest absolute Gasteiger partial charge is 0.127 e. The SMILES string of the molecule is COCC(C)(C)CN1CCC(=C2c3ccc(C)cc3COc3ccccc32)CC1. The van der Waals surface area contributed by atoms with E-state index in [1.165, 1.54) is 27.8 Å². The van der Waals surface area contributed by atoms with Crippen LogP contribution in [-0.4, -0.2) is 38.3 Å². The predicted molar refractivity (Wildman–Crippen MR) is 119 cm³/mol. The third kappa shape index (κ3) is 4.41. The summed E-state index contributed by atoms with van der Waals surface area (Å²) in [5.41, 5.74) is 8.34. The summed E-state index contributed by atoms with van der Waals surface area (Å²) in [5, 5.41) is 0. The molecule has 2 aliphatic rings. The molecule has 0 atom stereocenters. The summed E-state index contributed by atoms with van der Waals surface area (Å²) in [6, 6.07) is 15.3. The second-order valence-corrected chi connectivity index (χ2v) is 9.30. The molecule has 0 radical (unpaired) electrons. The normalized spacial score (nSPS) is 17.4. The second-order valence-electron chi connectivity index (χ2n) is 9.30. The molecule has 3 nitrogen and oxygen atoms in total. The van der Waals surface area contributed by atoms with E-state index in [9.17, 15) is 0 Å². The Bertz CT molecular complexity index is 903. The summed E-state index contributed by atoms with van der Waals surface area (Å²) in [7, 11) is 1.80. The minimum atomic E-state index is 0.187. The third-order valence-corrected chi connectivity index (χ3v) is 6.07. The van der Waals surface area contributed by atoms with Gasteiger partial charge in [0.15, 0.2) is 0 Å². The van der Waals surface area contributed by atoms with Gasteiger partial charge in [-0.15, -0.1) is 0 Å². The van der Waals surface area contributed by atoms with Crippen LogP contribution in [0, 0.1) is 12.3 Å². The fourth-order valence-electron chi connectivity index (χ4n) is 4.84. The maximum absolute atomic E-state index is 6.21. The number of piperidine rings is 1. The van der Waals surface area contributed by atoms with Gasteiger partial charge in [0.1, 0.15) is 12.4 Å². The minimum Gasteiger partial charge on any atom is -0.488 e. The number of fused-ring (bicyclic) bond motifs is 2. The summed E-state index contributed by atoms with van der Waals surface area (Å²) in [4.78, 5) is 2.60. The van der Waals surface area contributed by atoms with Gasteiger partial charge in [0.25, 0.3) is 0 Å². The van der Waals surface area contributed by atoms with Crippen molar-refractivity contribution in [3.63, 3.8) is 0 Å². The number of hydrogen-bond acceptors (Lipinski definition) is 3. The average molecular weight is 392 g/mol. The van der Waals surface area contributed by atoms with Gasteiger partial charge in [-0.25, -0.2) is 0 Å². The Morgan fingerprint density at radius 3 is 2.55 bits per heavy atom. The highest BCUT2D eigenvalue weighted by Crippen LogP contribution is 2.41. The largest absolute Gasteiger partial charge is 0.488 e. The summed E-state index contributed by atoms with van der Waals surface area (Å²) in [6.07, 6.45) is 2.22. The highest BCUT2D eigenvalue weighted by molar-refractivity contribution is 5.87. The molecule has 0 saturated carbocycles. The van der Waals surface area contributed by atoms with Gasteiger partial charge >= 0.3 is 0 Å². The summed E-state index contributed by atoms with van der Waals surface area (Å²) in [5.74, 6) is 1.01. The van der Waals surface area contributed by atoms with Crippen LogP contribution in [0.25, 0.3) is 5.57 Å². The van der Waals surface area contributed by atoms with Crippen molar-refractivity contribution in [3.8, 4) is 5.75 Å². The topological polar surface area (TPSA) is 21.7 Å². The minimum absolute atomic E-state index is 0.187. The van der Waals surface area contributed by atoms with Gasteiger partial charge in [0, 0.05) is 37.7 Å². The monoisotopic (exact) mass is 391 g/mol. The van der Waals surface area contributed by atoms with Gasteiger partial charge in [-0.3, -0.25) is 0 Å². The predicted octanol–water partition coefficient (Wildman–Crippen LogP) is 5.46. The van der Waals surface area contributed by atoms with Crippen molar-refractivity contribution in [3.05, 3.63) is 70.3 Å². The lowest BCUT2D eigenvalue weighted by atomic mass is 9.85. The maximum Gasteiger partial charge on any atom is 0.127 e. The number of aryl methyl sites for hydroxylation is 1. The van der Waals surface area contributed by atoms with Crippen LogP contribution in [0.1, 0.15) is 48.9 Å². The lowest BCUT2D eigenvalue weighted by molar-refractivity contribution is 0.0672. The van der Waals surface area contributed by atoms with Gasteiger partial charge in [0.05, 0.1) is 6.61 Å². The van der Waals surface area contributed by atoms with Crippen molar-refractivity contribution in [2.24, 2.45) is 5.41 Å². The van der Waals surface area contributed by atoms with Crippen LogP contribution < -0.4 is 4.74 Å². The van der Waals surface area contributed by atoms with E-state index in [0.29, 0.717) is 6.61 Å². The quantitative estimate of drug-likeness (QED) is 0.691. The first-order chi connectivity index (χ1) is 14.0. The van der Waals surface area contributed by atoms with Gasteiger partial charge in [-0.1, -0.05) is 61.4 Å². The Morgan fingerprint density at radius 1 is 1.03 bits per heavy atom. The molecule has 2 heterocycles.